The van der Waals surface area contributed by atoms with Crippen LogP contribution < -0.4 is 5.32 Å². The summed E-state index contributed by atoms with van der Waals surface area (Å²) in [6, 6.07) is 11.1. The molecule has 17 nitrogen and oxygen atoms in total. The first-order chi connectivity index (χ1) is 27.8. The highest BCUT2D eigenvalue weighted by atomic mass is 16.5. The van der Waals surface area contributed by atoms with E-state index >= 15 is 0 Å². The van der Waals surface area contributed by atoms with Crippen molar-refractivity contribution in [2.75, 3.05) is 27.2 Å². The van der Waals surface area contributed by atoms with Gasteiger partial charge in [0.25, 0.3) is 0 Å². The standard InChI is InChI=1S/C41H48N10O7/c1-22(2)35(49(4)41(56)57)39(54)51-17-7-9-33(51)37-43-20-30(46-37)25-12-10-24(11-13-25)29-19-42-28-18-26(14-15-27(28)45-29)31-21-44-36(47-31)32-8-6-16-50(32)38(53)34(23(3)52)48-40(55)58-5/h10-15,18-23,32-35,52H,6-9,16-17H2,1-5H3,(H,43,46)(H,44,47)(H,48,55)(H,56,57)/t23-,32+,33+,34+,35+/m1/s1. The van der Waals surface area contributed by atoms with Crippen LogP contribution in [0.5, 0.6) is 0 Å². The van der Waals surface area contributed by atoms with Gasteiger partial charge in [-0.05, 0) is 50.7 Å². The molecule has 2 aliphatic rings. The molecule has 0 radical (unpaired) electrons. The lowest BCUT2D eigenvalue weighted by atomic mass is 10.0. The number of fused-ring (bicyclic) bond motifs is 1. The Morgan fingerprint density at radius 1 is 0.845 bits per heavy atom. The second-order valence-electron chi connectivity index (χ2n) is 15.2. The Hall–Kier alpha value is -6.36. The number of carboxylic acid groups (broad SMARTS) is 1. The van der Waals surface area contributed by atoms with E-state index < -0.39 is 36.3 Å². The Bertz CT molecular complexity index is 2310. The van der Waals surface area contributed by atoms with Crippen molar-refractivity contribution in [2.45, 2.75) is 76.7 Å². The van der Waals surface area contributed by atoms with E-state index in [9.17, 15) is 29.4 Å². The smallest absolute Gasteiger partial charge is 0.407 e. The Morgan fingerprint density at radius 2 is 1.48 bits per heavy atom. The number of alkyl carbamates (subject to hydrolysis) is 1. The highest BCUT2D eigenvalue weighted by molar-refractivity contribution is 5.87. The maximum absolute atomic E-state index is 13.6. The van der Waals surface area contributed by atoms with Gasteiger partial charge in [0.15, 0.2) is 0 Å². The number of imidazole rings is 2. The number of aromatic nitrogens is 6. The number of H-pyrrole nitrogens is 2. The summed E-state index contributed by atoms with van der Waals surface area (Å²) >= 11 is 0. The number of hydrogen-bond acceptors (Lipinski definition) is 10. The zero-order chi connectivity index (χ0) is 41.2. The molecular weight excluding hydrogens is 745 g/mol. The van der Waals surface area contributed by atoms with Crippen LogP contribution in [-0.4, -0.2) is 124 Å². The normalized spacial score (nSPS) is 18.3. The fourth-order valence-corrected chi connectivity index (χ4v) is 8.01. The molecule has 0 spiro atoms. The van der Waals surface area contributed by atoms with Gasteiger partial charge >= 0.3 is 12.2 Å². The fraction of sp³-hybridized carbons (Fsp3) is 0.415. The van der Waals surface area contributed by atoms with Gasteiger partial charge in [0.2, 0.25) is 11.8 Å². The number of aliphatic hydroxyl groups is 1. The maximum atomic E-state index is 13.6. The van der Waals surface area contributed by atoms with Crippen LogP contribution in [0.15, 0.2) is 61.1 Å². The van der Waals surface area contributed by atoms with Crippen LogP contribution in [-0.2, 0) is 14.3 Å². The second kappa shape index (κ2) is 16.6. The second-order valence-corrected chi connectivity index (χ2v) is 15.2. The minimum Gasteiger partial charge on any atom is -0.465 e. The molecule has 17 heteroatoms. The number of aromatic amines is 2. The Morgan fingerprint density at radius 3 is 2.12 bits per heavy atom. The summed E-state index contributed by atoms with van der Waals surface area (Å²) in [6.45, 7) is 6.15. The largest absolute Gasteiger partial charge is 0.465 e. The average Bonchev–Trinajstić information content (AvgIpc) is 4.06. The van der Waals surface area contributed by atoms with Gasteiger partial charge in [-0.3, -0.25) is 19.5 Å². The number of nitrogens with zero attached hydrogens (tertiary/aromatic N) is 7. The molecule has 5 aromatic rings. The number of hydrogen-bond donors (Lipinski definition) is 5. The van der Waals surface area contributed by atoms with Crippen LogP contribution in [0.25, 0.3) is 44.8 Å². The van der Waals surface area contributed by atoms with Gasteiger partial charge in [-0.25, -0.2) is 24.5 Å². The van der Waals surface area contributed by atoms with Crippen molar-refractivity contribution in [3.05, 3.63) is 72.7 Å². The molecule has 304 valence electrons. The first-order valence-corrected chi connectivity index (χ1v) is 19.4. The van der Waals surface area contributed by atoms with E-state index in [0.717, 1.165) is 52.2 Å². The number of aliphatic hydroxyl groups excluding tert-OH is 1. The highest BCUT2D eigenvalue weighted by Gasteiger charge is 2.40. The first kappa shape index (κ1) is 39.9. The van der Waals surface area contributed by atoms with Crippen molar-refractivity contribution in [2.24, 2.45) is 5.92 Å². The maximum Gasteiger partial charge on any atom is 0.407 e. The molecule has 5 N–H and O–H groups in total. The number of carbonyl (C=O) groups excluding carboxylic acids is 3. The van der Waals surface area contributed by atoms with Crippen molar-refractivity contribution < 1.29 is 34.1 Å². The summed E-state index contributed by atoms with van der Waals surface area (Å²) in [5, 5.41) is 22.3. The molecule has 2 saturated heterocycles. The molecule has 58 heavy (non-hydrogen) atoms. The predicted molar refractivity (Wildman–Crippen MR) is 213 cm³/mol. The Labute approximate surface area is 334 Å². The van der Waals surface area contributed by atoms with Gasteiger partial charge in [-0.15, -0.1) is 0 Å². The molecular formula is C41H48N10O7. The molecule has 0 aliphatic carbocycles. The van der Waals surface area contributed by atoms with E-state index in [2.05, 4.69) is 25.0 Å². The summed E-state index contributed by atoms with van der Waals surface area (Å²) in [7, 11) is 2.64. The summed E-state index contributed by atoms with van der Waals surface area (Å²) in [5.74, 6) is 0.468. The fourth-order valence-electron chi connectivity index (χ4n) is 8.01. The van der Waals surface area contributed by atoms with E-state index in [1.165, 1.54) is 21.1 Å². The van der Waals surface area contributed by atoms with Crippen LogP contribution in [0.2, 0.25) is 0 Å². The van der Waals surface area contributed by atoms with Crippen LogP contribution in [0.4, 0.5) is 9.59 Å². The van der Waals surface area contributed by atoms with Crippen molar-refractivity contribution in [1.29, 1.82) is 0 Å². The predicted octanol–water partition coefficient (Wildman–Crippen LogP) is 5.14. The van der Waals surface area contributed by atoms with Crippen LogP contribution in [0, 0.1) is 5.92 Å². The third kappa shape index (κ3) is 7.94. The number of likely N-dealkylation sites (tertiary alicyclic amines) is 2. The molecule has 5 atom stereocenters. The van der Waals surface area contributed by atoms with Gasteiger partial charge in [-0.2, -0.15) is 0 Å². The summed E-state index contributed by atoms with van der Waals surface area (Å²) in [6.07, 6.45) is 5.17. The molecule has 5 heterocycles. The molecule has 0 bridgehead atoms. The number of nitrogens with one attached hydrogen (secondary N) is 3. The number of carbonyl (C=O) groups is 4. The molecule has 4 amide bonds. The lowest BCUT2D eigenvalue weighted by molar-refractivity contribution is -0.138. The lowest BCUT2D eigenvalue weighted by Crippen LogP contribution is -2.53. The Balaban J connectivity index is 1.03. The minimum atomic E-state index is -1.15. The molecule has 2 aromatic carbocycles. The lowest BCUT2D eigenvalue weighted by Gasteiger charge is -2.33. The molecule has 3 aromatic heterocycles. The van der Waals surface area contributed by atoms with Crippen molar-refractivity contribution in [3.8, 4) is 33.8 Å². The van der Waals surface area contributed by atoms with E-state index in [4.69, 9.17) is 15.0 Å². The molecule has 7 rings (SSSR count). The SMILES string of the molecule is COC(=O)N[C@H](C(=O)N1CCC[C@H]1c1ncc(-c2ccc3nc(-c4ccc(-c5c[nH]c([C@@H]6CCCN6C(=O)[C@H](C(C)C)N(C)C(=O)O)n5)cc4)cnc3c2)[nH]1)[C@@H](C)O. The highest BCUT2D eigenvalue weighted by Crippen LogP contribution is 2.35. The monoisotopic (exact) mass is 792 g/mol. The number of methoxy groups -OCH3 is 1. The molecule has 2 aliphatic heterocycles. The van der Waals surface area contributed by atoms with Gasteiger partial charge in [-0.1, -0.05) is 44.2 Å². The van der Waals surface area contributed by atoms with E-state index in [0.29, 0.717) is 47.9 Å². The molecule has 0 saturated carbocycles. The van der Waals surface area contributed by atoms with E-state index in [-0.39, 0.29) is 23.9 Å². The molecule has 2 fully saturated rings. The van der Waals surface area contributed by atoms with Crippen LogP contribution in [0.1, 0.15) is 70.2 Å². The first-order valence-electron chi connectivity index (χ1n) is 19.4. The average molecular weight is 793 g/mol. The zero-order valence-corrected chi connectivity index (χ0v) is 33.0. The van der Waals surface area contributed by atoms with Gasteiger partial charge < -0.3 is 40.0 Å². The van der Waals surface area contributed by atoms with E-state index in [1.807, 2.05) is 62.5 Å². The van der Waals surface area contributed by atoms with Gasteiger partial charge in [0.05, 0.1) is 65.8 Å². The van der Waals surface area contributed by atoms with Gasteiger partial charge in [0.1, 0.15) is 23.7 Å². The minimum absolute atomic E-state index is 0.187. The third-order valence-electron chi connectivity index (χ3n) is 11.0. The summed E-state index contributed by atoms with van der Waals surface area (Å²) < 4.78 is 4.64. The molecule has 0 unspecified atom stereocenters. The Kier molecular flexibility index (Phi) is 11.4. The van der Waals surface area contributed by atoms with Crippen LogP contribution in [0.3, 0.4) is 0 Å². The number of amides is 4. The van der Waals surface area contributed by atoms with Crippen molar-refractivity contribution >= 4 is 35.0 Å². The summed E-state index contributed by atoms with van der Waals surface area (Å²) in [5.41, 5.74) is 6.19. The summed E-state index contributed by atoms with van der Waals surface area (Å²) in [4.78, 5) is 80.7. The number of ether oxygens (including phenoxy) is 1. The van der Waals surface area contributed by atoms with Gasteiger partial charge in [0, 0.05) is 43.0 Å². The van der Waals surface area contributed by atoms with Crippen molar-refractivity contribution in [3.63, 3.8) is 0 Å². The quantitative estimate of drug-likeness (QED) is 0.118. The van der Waals surface area contributed by atoms with Crippen molar-refractivity contribution in [1.82, 2.24) is 49.9 Å². The number of rotatable bonds is 11. The topological polar surface area (TPSA) is 223 Å². The number of benzene rings is 2. The number of likely N-dealkylation sites (N-methyl/N-ethyl adjacent to an activating group) is 1. The zero-order valence-electron chi connectivity index (χ0n) is 33.0. The van der Waals surface area contributed by atoms with Crippen LogP contribution >= 0.6 is 0 Å². The van der Waals surface area contributed by atoms with E-state index in [1.54, 1.807) is 22.2 Å². The third-order valence-corrected chi connectivity index (χ3v) is 11.0.